The Hall–Kier alpha value is 1.22. The third-order valence-electron chi connectivity index (χ3n) is 0.591. The molecule has 0 radical (unpaired) electrons. The molecule has 0 aromatic carbocycles. The molecule has 0 aliphatic rings. The van der Waals surface area contributed by atoms with Gasteiger partial charge in [-0.15, -0.1) is 0 Å². The van der Waals surface area contributed by atoms with E-state index in [4.69, 9.17) is 5.11 Å². The van der Waals surface area contributed by atoms with Crippen molar-refractivity contribution in [2.75, 3.05) is 0 Å². The van der Waals surface area contributed by atoms with Gasteiger partial charge >= 0.3 is 37.7 Å². The first-order chi connectivity index (χ1) is 2.27. The van der Waals surface area contributed by atoms with E-state index in [2.05, 4.69) is 0 Å². The summed E-state index contributed by atoms with van der Waals surface area (Å²) in [6.45, 7) is 3.73. The summed E-state index contributed by atoms with van der Waals surface area (Å²) >= 11 is 0. The van der Waals surface area contributed by atoms with E-state index in [1.54, 1.807) is 6.92 Å². The first-order valence-corrected chi connectivity index (χ1v) is 1.95. The van der Waals surface area contributed by atoms with Gasteiger partial charge in [0.25, 0.3) is 0 Å². The van der Waals surface area contributed by atoms with Crippen molar-refractivity contribution in [1.29, 1.82) is 0 Å². The Bertz CT molecular complexity index is 21.5. The van der Waals surface area contributed by atoms with Crippen LogP contribution in [0, 0.1) is 0 Å². The summed E-state index contributed by atoms with van der Waals surface area (Å²) in [7, 11) is 0. The Morgan fingerprint density at radius 2 is 1.83 bits per heavy atom. The standard InChI is InChI=1S/C4H10O.Ca.2H/c1-3-4(2)5;;;/h4-5H,3H2,1-2H3;;;. The van der Waals surface area contributed by atoms with Crippen molar-refractivity contribution in [2.45, 2.75) is 26.4 Å². The fourth-order valence-electron chi connectivity index (χ4n) is 0. The number of hydrogen-bond donors (Lipinski definition) is 1. The Labute approximate surface area is 68.7 Å². The van der Waals surface area contributed by atoms with E-state index in [0.717, 1.165) is 6.42 Å². The molecule has 36 valence electrons. The van der Waals surface area contributed by atoms with Crippen LogP contribution in [0.4, 0.5) is 0 Å². The molecule has 0 rings (SSSR count). The molecule has 0 bridgehead atoms. The zero-order valence-corrected chi connectivity index (χ0v) is 3.73. The zero-order valence-electron chi connectivity index (χ0n) is 3.73. The molecule has 0 heterocycles. The molecule has 0 aliphatic heterocycles. The van der Waals surface area contributed by atoms with Gasteiger partial charge in [0.15, 0.2) is 0 Å². The zero-order chi connectivity index (χ0) is 4.28. The van der Waals surface area contributed by atoms with E-state index in [1.807, 2.05) is 6.92 Å². The Balaban J connectivity index is 0. The molecular weight excluding hydrogens is 104 g/mol. The van der Waals surface area contributed by atoms with Crippen LogP contribution in [0.15, 0.2) is 0 Å². The van der Waals surface area contributed by atoms with Gasteiger partial charge in [0, 0.05) is 0 Å². The molecule has 0 aliphatic carbocycles. The molecule has 2 heteroatoms. The topological polar surface area (TPSA) is 20.2 Å². The van der Waals surface area contributed by atoms with Crippen LogP contribution in [0.5, 0.6) is 0 Å². The third kappa shape index (κ3) is 8.97. The summed E-state index contributed by atoms with van der Waals surface area (Å²) in [6.07, 6.45) is 0.745. The minimum atomic E-state index is -0.116. The van der Waals surface area contributed by atoms with E-state index >= 15 is 0 Å². The Morgan fingerprint density at radius 1 is 1.67 bits per heavy atom. The molecular formula is C4H12CaO. The summed E-state index contributed by atoms with van der Waals surface area (Å²) in [5, 5.41) is 8.36. The molecule has 6 heavy (non-hydrogen) atoms. The van der Waals surface area contributed by atoms with E-state index < -0.39 is 0 Å². The van der Waals surface area contributed by atoms with Crippen LogP contribution in [0.25, 0.3) is 0 Å². The summed E-state index contributed by atoms with van der Waals surface area (Å²) in [5.74, 6) is 0. The van der Waals surface area contributed by atoms with Gasteiger partial charge in [-0.25, -0.2) is 0 Å². The number of aliphatic hydroxyl groups excluding tert-OH is 1. The molecule has 1 atom stereocenters. The average molecular weight is 116 g/mol. The minimum absolute atomic E-state index is 0. The fourth-order valence-corrected chi connectivity index (χ4v) is 0. The summed E-state index contributed by atoms with van der Waals surface area (Å²) in [4.78, 5) is 0. The van der Waals surface area contributed by atoms with Crippen molar-refractivity contribution in [3.63, 3.8) is 0 Å². The van der Waals surface area contributed by atoms with Gasteiger partial charge in [-0.3, -0.25) is 0 Å². The van der Waals surface area contributed by atoms with Crippen LogP contribution < -0.4 is 0 Å². The van der Waals surface area contributed by atoms with Gasteiger partial charge in [0.05, 0.1) is 6.10 Å². The third-order valence-corrected chi connectivity index (χ3v) is 0.591. The van der Waals surface area contributed by atoms with Gasteiger partial charge < -0.3 is 5.11 Å². The first kappa shape index (κ1) is 10.3. The second-order valence-corrected chi connectivity index (χ2v) is 1.26. The summed E-state index contributed by atoms with van der Waals surface area (Å²) in [5.41, 5.74) is 0. The monoisotopic (exact) mass is 116 g/mol. The molecule has 0 spiro atoms. The van der Waals surface area contributed by atoms with Crippen LogP contribution in [0.1, 0.15) is 20.3 Å². The Kier molecular flexibility index (Phi) is 10.6. The number of rotatable bonds is 1. The van der Waals surface area contributed by atoms with Gasteiger partial charge in [-0.2, -0.15) is 0 Å². The van der Waals surface area contributed by atoms with Gasteiger partial charge in [0.2, 0.25) is 0 Å². The van der Waals surface area contributed by atoms with Gasteiger partial charge in [-0.1, -0.05) is 6.92 Å². The second kappa shape index (κ2) is 6.22. The van der Waals surface area contributed by atoms with Crippen LogP contribution in [-0.4, -0.2) is 48.9 Å². The normalized spacial score (nSPS) is 12.5. The van der Waals surface area contributed by atoms with E-state index in [0.29, 0.717) is 0 Å². The van der Waals surface area contributed by atoms with Gasteiger partial charge in [0.1, 0.15) is 0 Å². The van der Waals surface area contributed by atoms with Crippen molar-refractivity contribution in [3.8, 4) is 0 Å². The molecule has 0 aromatic heterocycles. The van der Waals surface area contributed by atoms with Crippen LogP contribution in [0.2, 0.25) is 0 Å². The Morgan fingerprint density at radius 3 is 1.83 bits per heavy atom. The first-order valence-electron chi connectivity index (χ1n) is 1.95. The second-order valence-electron chi connectivity index (χ2n) is 1.26. The summed E-state index contributed by atoms with van der Waals surface area (Å²) < 4.78 is 0. The molecule has 0 amide bonds. The molecule has 0 saturated carbocycles. The quantitative estimate of drug-likeness (QED) is 0.473. The molecule has 1 unspecified atom stereocenters. The number of hydrogen-bond acceptors (Lipinski definition) is 1. The van der Waals surface area contributed by atoms with Crippen LogP contribution in [0.3, 0.4) is 0 Å². The van der Waals surface area contributed by atoms with E-state index in [-0.39, 0.29) is 43.8 Å². The SMILES string of the molecule is CCC(C)O.[CaH2]. The average Bonchev–Trinajstić information content (AvgIpc) is 1.38. The maximum absolute atomic E-state index is 8.36. The maximum atomic E-state index is 8.36. The fraction of sp³-hybridized carbons (Fsp3) is 1.00. The van der Waals surface area contributed by atoms with E-state index in [9.17, 15) is 0 Å². The molecule has 0 saturated heterocycles. The summed E-state index contributed by atoms with van der Waals surface area (Å²) in [6, 6.07) is 0. The van der Waals surface area contributed by atoms with Crippen molar-refractivity contribution in [1.82, 2.24) is 0 Å². The predicted molar refractivity (Wildman–Crippen MR) is 30.5 cm³/mol. The predicted octanol–water partition coefficient (Wildman–Crippen LogP) is -0.139. The van der Waals surface area contributed by atoms with Crippen LogP contribution >= 0.6 is 0 Å². The van der Waals surface area contributed by atoms with Crippen molar-refractivity contribution in [3.05, 3.63) is 0 Å². The van der Waals surface area contributed by atoms with Crippen LogP contribution in [-0.2, 0) is 0 Å². The number of aliphatic hydroxyl groups is 1. The molecule has 1 nitrogen and oxygen atoms in total. The van der Waals surface area contributed by atoms with Crippen molar-refractivity contribution in [2.24, 2.45) is 0 Å². The molecule has 0 aromatic rings. The molecule has 1 N–H and O–H groups in total. The van der Waals surface area contributed by atoms with Gasteiger partial charge in [-0.05, 0) is 13.3 Å². The van der Waals surface area contributed by atoms with Crippen molar-refractivity contribution >= 4 is 37.7 Å². The molecule has 0 fully saturated rings. The van der Waals surface area contributed by atoms with E-state index in [1.165, 1.54) is 0 Å². The van der Waals surface area contributed by atoms with Crippen molar-refractivity contribution < 1.29 is 5.11 Å².